The molecule has 7 nitrogen and oxygen atoms in total. The highest BCUT2D eigenvalue weighted by molar-refractivity contribution is 6.47. The van der Waals surface area contributed by atoms with Gasteiger partial charge < -0.3 is 26.1 Å². The number of primary amides is 1. The zero-order valence-corrected chi connectivity index (χ0v) is 18.4. The van der Waals surface area contributed by atoms with Crippen molar-refractivity contribution in [3.05, 3.63) is 0 Å². The summed E-state index contributed by atoms with van der Waals surface area (Å²) >= 11 is 0. The first-order valence-corrected chi connectivity index (χ1v) is 10.1. The van der Waals surface area contributed by atoms with E-state index in [9.17, 15) is 9.59 Å². The van der Waals surface area contributed by atoms with Crippen molar-refractivity contribution in [3.8, 4) is 0 Å². The molecule has 0 aromatic rings. The number of rotatable bonds is 7. The summed E-state index contributed by atoms with van der Waals surface area (Å²) in [5.74, 6) is 0.189. The van der Waals surface area contributed by atoms with Gasteiger partial charge in [-0.05, 0) is 49.4 Å². The quantitative estimate of drug-likeness (QED) is 0.543. The summed E-state index contributed by atoms with van der Waals surface area (Å²) in [4.78, 5) is 23.5. The number of carbonyl (C=O) groups excluding carboxylic acids is 2. The van der Waals surface area contributed by atoms with Gasteiger partial charge in [0.05, 0.1) is 30.1 Å². The van der Waals surface area contributed by atoms with Crippen molar-refractivity contribution < 1.29 is 18.9 Å². The van der Waals surface area contributed by atoms with Crippen LogP contribution in [-0.2, 0) is 18.9 Å². The molecule has 0 radical (unpaired) electrons. The molecule has 3 aliphatic carbocycles. The van der Waals surface area contributed by atoms with E-state index in [1.54, 1.807) is 0 Å². The standard InChI is InChI=1S/C19H34BN3O4.ClH/c1-10(2)6-15(23-17(25)12(21)9-16(22)24)20-26-14-8-11-7-13(18(11,3)4)19(14,5)27-20;/h10-15H,6-9,21H2,1-5H3,(H2,22,24)(H,23,25);1H/t11-,12-,13-,14+,15-,19-;/m0./s1. The number of amides is 2. The van der Waals surface area contributed by atoms with Gasteiger partial charge in [-0.2, -0.15) is 0 Å². The van der Waals surface area contributed by atoms with E-state index in [0.717, 1.165) is 6.42 Å². The molecule has 4 fully saturated rings. The normalized spacial score (nSPS) is 34.7. The summed E-state index contributed by atoms with van der Waals surface area (Å²) in [6, 6.07) is -0.955. The van der Waals surface area contributed by atoms with Gasteiger partial charge in [-0.1, -0.05) is 27.7 Å². The molecular weight excluding hydrogens is 380 g/mol. The van der Waals surface area contributed by atoms with Crippen LogP contribution in [0.5, 0.6) is 0 Å². The van der Waals surface area contributed by atoms with Gasteiger partial charge in [0.1, 0.15) is 0 Å². The molecule has 1 heterocycles. The van der Waals surface area contributed by atoms with Gasteiger partial charge >= 0.3 is 7.12 Å². The average Bonchev–Trinajstić information content (AvgIpc) is 2.89. The molecule has 2 amide bonds. The highest BCUT2D eigenvalue weighted by Gasteiger charge is 2.68. The van der Waals surface area contributed by atoms with Gasteiger partial charge in [-0.25, -0.2) is 0 Å². The molecule has 9 heteroatoms. The van der Waals surface area contributed by atoms with E-state index >= 15 is 0 Å². The third kappa shape index (κ3) is 4.06. The number of nitrogens with two attached hydrogens (primary N) is 2. The molecule has 0 aromatic heterocycles. The average molecular weight is 416 g/mol. The first-order valence-electron chi connectivity index (χ1n) is 10.1. The molecule has 5 N–H and O–H groups in total. The van der Waals surface area contributed by atoms with E-state index in [0.29, 0.717) is 24.2 Å². The van der Waals surface area contributed by atoms with Crippen LogP contribution in [-0.4, -0.2) is 42.6 Å². The lowest BCUT2D eigenvalue weighted by molar-refractivity contribution is -0.199. The van der Waals surface area contributed by atoms with Crippen LogP contribution >= 0.6 is 12.4 Å². The summed E-state index contributed by atoms with van der Waals surface area (Å²) in [6.45, 7) is 11.0. The molecular formula is C19H35BClN3O4. The van der Waals surface area contributed by atoms with Gasteiger partial charge in [0.25, 0.3) is 0 Å². The van der Waals surface area contributed by atoms with Gasteiger partial charge in [0.15, 0.2) is 0 Å². The minimum atomic E-state index is -0.955. The molecule has 0 spiro atoms. The monoisotopic (exact) mass is 415 g/mol. The molecule has 6 atom stereocenters. The van der Waals surface area contributed by atoms with Crippen LogP contribution in [0.4, 0.5) is 0 Å². The van der Waals surface area contributed by atoms with E-state index in [1.165, 1.54) is 6.42 Å². The fraction of sp³-hybridized carbons (Fsp3) is 0.895. The third-order valence-electron chi connectivity index (χ3n) is 7.11. The van der Waals surface area contributed by atoms with Crippen molar-refractivity contribution in [1.29, 1.82) is 0 Å². The molecule has 4 rings (SSSR count). The Kier molecular flexibility index (Phi) is 6.81. The molecule has 0 aromatic carbocycles. The van der Waals surface area contributed by atoms with Crippen molar-refractivity contribution in [2.45, 2.75) is 84.0 Å². The van der Waals surface area contributed by atoms with E-state index in [-0.39, 0.29) is 41.9 Å². The fourth-order valence-corrected chi connectivity index (χ4v) is 5.42. The summed E-state index contributed by atoms with van der Waals surface area (Å²) in [6.07, 6.45) is 2.77. The van der Waals surface area contributed by atoms with Crippen LogP contribution in [0.1, 0.15) is 60.3 Å². The zero-order valence-electron chi connectivity index (χ0n) is 17.6. The van der Waals surface area contributed by atoms with Gasteiger partial charge in [-0.3, -0.25) is 9.59 Å². The van der Waals surface area contributed by atoms with Crippen molar-refractivity contribution in [2.24, 2.45) is 34.6 Å². The Balaban J connectivity index is 0.00000280. The first-order chi connectivity index (χ1) is 12.4. The maximum Gasteiger partial charge on any atom is 0.481 e. The second-order valence-electron chi connectivity index (χ2n) is 9.86. The van der Waals surface area contributed by atoms with Gasteiger partial charge in [0.2, 0.25) is 11.8 Å². The van der Waals surface area contributed by atoms with Crippen LogP contribution in [0.25, 0.3) is 0 Å². The Morgan fingerprint density at radius 1 is 1.25 bits per heavy atom. The molecule has 1 aliphatic heterocycles. The molecule has 0 unspecified atom stereocenters. The highest BCUT2D eigenvalue weighted by Crippen LogP contribution is 2.65. The predicted octanol–water partition coefficient (Wildman–Crippen LogP) is 1.41. The fourth-order valence-electron chi connectivity index (χ4n) is 5.42. The summed E-state index contributed by atoms with van der Waals surface area (Å²) in [5, 5.41) is 2.95. The number of carbonyl (C=O) groups is 2. The Labute approximate surface area is 174 Å². The summed E-state index contributed by atoms with van der Waals surface area (Å²) in [7, 11) is -0.498. The predicted molar refractivity (Wildman–Crippen MR) is 111 cm³/mol. The molecule has 28 heavy (non-hydrogen) atoms. The largest absolute Gasteiger partial charge is 0.481 e. The number of hydrogen-bond acceptors (Lipinski definition) is 5. The Morgan fingerprint density at radius 3 is 2.43 bits per heavy atom. The summed E-state index contributed by atoms with van der Waals surface area (Å²) in [5.41, 5.74) is 10.9. The Morgan fingerprint density at radius 2 is 1.89 bits per heavy atom. The number of hydrogen-bond donors (Lipinski definition) is 3. The molecule has 4 aliphatic rings. The van der Waals surface area contributed by atoms with Crippen molar-refractivity contribution >= 4 is 31.3 Å². The zero-order chi connectivity index (χ0) is 20.1. The van der Waals surface area contributed by atoms with E-state index in [2.05, 4.69) is 39.9 Å². The topological polar surface area (TPSA) is 117 Å². The number of nitrogens with one attached hydrogen (secondary N) is 1. The van der Waals surface area contributed by atoms with Crippen LogP contribution < -0.4 is 16.8 Å². The smallest absolute Gasteiger partial charge is 0.404 e. The van der Waals surface area contributed by atoms with E-state index < -0.39 is 25.0 Å². The van der Waals surface area contributed by atoms with Crippen molar-refractivity contribution in [2.75, 3.05) is 0 Å². The van der Waals surface area contributed by atoms with Crippen LogP contribution in [0, 0.1) is 23.2 Å². The SMILES string of the molecule is CC(C)C[C@H](NC(=O)[C@@H](N)CC(N)=O)B1O[C@@H]2C[C@@H]3C[C@@H](C3(C)C)[C@]2(C)O1.Cl. The minimum Gasteiger partial charge on any atom is -0.404 e. The maximum atomic E-state index is 12.4. The minimum absolute atomic E-state index is 0. The Hall–Kier alpha value is -0.825. The van der Waals surface area contributed by atoms with Crippen LogP contribution in [0.2, 0.25) is 0 Å². The van der Waals surface area contributed by atoms with Crippen molar-refractivity contribution in [1.82, 2.24) is 5.32 Å². The lowest BCUT2D eigenvalue weighted by Gasteiger charge is -2.64. The second-order valence-corrected chi connectivity index (χ2v) is 9.86. The molecule has 160 valence electrons. The first kappa shape index (κ1) is 23.5. The second kappa shape index (κ2) is 8.13. The number of halogens is 1. The molecule has 2 bridgehead atoms. The lowest BCUT2D eigenvalue weighted by atomic mass is 9.43. The lowest BCUT2D eigenvalue weighted by Crippen LogP contribution is -2.65. The van der Waals surface area contributed by atoms with Crippen LogP contribution in [0.3, 0.4) is 0 Å². The third-order valence-corrected chi connectivity index (χ3v) is 7.11. The molecule has 1 saturated heterocycles. The maximum absolute atomic E-state index is 12.4. The van der Waals surface area contributed by atoms with Crippen LogP contribution in [0.15, 0.2) is 0 Å². The van der Waals surface area contributed by atoms with Crippen molar-refractivity contribution in [3.63, 3.8) is 0 Å². The van der Waals surface area contributed by atoms with Gasteiger partial charge in [-0.15, -0.1) is 12.4 Å². The van der Waals surface area contributed by atoms with E-state index in [1.807, 2.05) is 0 Å². The van der Waals surface area contributed by atoms with Gasteiger partial charge in [0, 0.05) is 0 Å². The van der Waals surface area contributed by atoms with E-state index in [4.69, 9.17) is 20.8 Å². The summed E-state index contributed by atoms with van der Waals surface area (Å²) < 4.78 is 12.8. The highest BCUT2D eigenvalue weighted by atomic mass is 35.5. The molecule has 3 saturated carbocycles. The Bertz CT molecular complexity index is 620.